The molecule has 0 saturated heterocycles. The molecule has 0 saturated carbocycles. The SMILES string of the molecule is c1ccc2c(-c3ccc(-c4c5ccccc5c(-c5ccc6ccc7ccc8ccccc8c7c6c5)c5ccccc45)cc3)cccc2c1. The number of benzene rings is 10. The quantitative estimate of drug-likeness (QED) is 0.139. The van der Waals surface area contributed by atoms with Crippen LogP contribution in [0.25, 0.3) is 98.0 Å². The summed E-state index contributed by atoms with van der Waals surface area (Å²) in [7, 11) is 0. The van der Waals surface area contributed by atoms with Gasteiger partial charge in [-0.15, -0.1) is 0 Å². The summed E-state index contributed by atoms with van der Waals surface area (Å²) in [4.78, 5) is 0. The molecule has 10 rings (SSSR count). The monoisotopic (exact) mass is 606 g/mol. The van der Waals surface area contributed by atoms with Gasteiger partial charge in [-0.05, 0) is 104 Å². The minimum absolute atomic E-state index is 1.23. The maximum absolute atomic E-state index is 2.43. The first-order valence-electron chi connectivity index (χ1n) is 16.7. The second-order valence-electron chi connectivity index (χ2n) is 12.8. The van der Waals surface area contributed by atoms with Gasteiger partial charge in [0.2, 0.25) is 0 Å². The van der Waals surface area contributed by atoms with Gasteiger partial charge in [0.05, 0.1) is 0 Å². The second-order valence-corrected chi connectivity index (χ2v) is 12.8. The zero-order valence-corrected chi connectivity index (χ0v) is 26.3. The molecule has 0 aliphatic heterocycles. The van der Waals surface area contributed by atoms with Crippen LogP contribution in [0.15, 0.2) is 182 Å². The van der Waals surface area contributed by atoms with Crippen LogP contribution < -0.4 is 0 Å². The summed E-state index contributed by atoms with van der Waals surface area (Å²) >= 11 is 0. The molecule has 0 spiro atoms. The highest BCUT2D eigenvalue weighted by molar-refractivity contribution is 6.24. The van der Waals surface area contributed by atoms with E-state index >= 15 is 0 Å². The third kappa shape index (κ3) is 4.10. The predicted octanol–water partition coefficient (Wildman–Crippen LogP) is 13.6. The Bertz CT molecular complexity index is 2810. The molecule has 0 heteroatoms. The minimum atomic E-state index is 1.23. The Hall–Kier alpha value is -6.24. The van der Waals surface area contributed by atoms with E-state index in [4.69, 9.17) is 0 Å². The van der Waals surface area contributed by atoms with Crippen LogP contribution in [0, 0.1) is 0 Å². The Morgan fingerprint density at radius 3 is 1.29 bits per heavy atom. The molecule has 0 bridgehead atoms. The zero-order chi connectivity index (χ0) is 31.6. The van der Waals surface area contributed by atoms with Crippen molar-refractivity contribution in [2.45, 2.75) is 0 Å². The van der Waals surface area contributed by atoms with Crippen LogP contribution in [0.3, 0.4) is 0 Å². The van der Waals surface area contributed by atoms with Gasteiger partial charge in [0.25, 0.3) is 0 Å². The van der Waals surface area contributed by atoms with Gasteiger partial charge in [-0.3, -0.25) is 0 Å². The van der Waals surface area contributed by atoms with Gasteiger partial charge in [0.15, 0.2) is 0 Å². The summed E-state index contributed by atoms with van der Waals surface area (Å²) in [6.45, 7) is 0. The van der Waals surface area contributed by atoms with Crippen molar-refractivity contribution in [3.05, 3.63) is 182 Å². The summed E-state index contributed by atoms with van der Waals surface area (Å²) in [5.41, 5.74) is 7.54. The van der Waals surface area contributed by atoms with Crippen LogP contribution in [0.2, 0.25) is 0 Å². The van der Waals surface area contributed by atoms with E-state index in [2.05, 4.69) is 182 Å². The highest BCUT2D eigenvalue weighted by Gasteiger charge is 2.17. The summed E-state index contributed by atoms with van der Waals surface area (Å²) in [6, 6.07) is 67.1. The van der Waals surface area contributed by atoms with Gasteiger partial charge in [-0.1, -0.05) is 176 Å². The fraction of sp³-hybridized carbons (Fsp3) is 0. The molecule has 0 aliphatic rings. The van der Waals surface area contributed by atoms with E-state index in [1.165, 1.54) is 98.0 Å². The lowest BCUT2D eigenvalue weighted by atomic mass is 9.85. The molecule has 0 amide bonds. The van der Waals surface area contributed by atoms with Crippen LogP contribution in [0.1, 0.15) is 0 Å². The van der Waals surface area contributed by atoms with Crippen molar-refractivity contribution in [2.24, 2.45) is 0 Å². The van der Waals surface area contributed by atoms with Gasteiger partial charge in [0.1, 0.15) is 0 Å². The minimum Gasteiger partial charge on any atom is -0.0616 e. The van der Waals surface area contributed by atoms with Crippen molar-refractivity contribution in [1.82, 2.24) is 0 Å². The molecule has 10 aromatic rings. The highest BCUT2D eigenvalue weighted by Crippen LogP contribution is 2.45. The van der Waals surface area contributed by atoms with Gasteiger partial charge < -0.3 is 0 Å². The second kappa shape index (κ2) is 10.7. The molecule has 0 N–H and O–H groups in total. The Morgan fingerprint density at radius 2 is 0.646 bits per heavy atom. The Labute approximate surface area is 279 Å². The van der Waals surface area contributed by atoms with Crippen molar-refractivity contribution >= 4 is 64.6 Å². The summed E-state index contributed by atoms with van der Waals surface area (Å²) in [6.07, 6.45) is 0. The molecule has 0 radical (unpaired) electrons. The van der Waals surface area contributed by atoms with Gasteiger partial charge in [-0.25, -0.2) is 0 Å². The Morgan fingerprint density at radius 1 is 0.229 bits per heavy atom. The van der Waals surface area contributed by atoms with Crippen molar-refractivity contribution in [2.75, 3.05) is 0 Å². The van der Waals surface area contributed by atoms with Crippen molar-refractivity contribution in [1.29, 1.82) is 0 Å². The Kier molecular flexibility index (Phi) is 5.98. The lowest BCUT2D eigenvalue weighted by Crippen LogP contribution is -1.91. The van der Waals surface area contributed by atoms with E-state index in [1.54, 1.807) is 0 Å². The van der Waals surface area contributed by atoms with Gasteiger partial charge in [0, 0.05) is 0 Å². The standard InChI is InChI=1S/C48H30/c1-3-13-38-31(10-1)12-9-19-39(38)33-21-26-36(27-22-33)47-41-15-5-7-17-43(41)48(44-18-8-6-16-42(44)47)37-29-24-34-23-28-35-25-20-32-11-2-4-14-40(32)46(35)45(34)30-37/h1-30H. The number of rotatable bonds is 3. The number of hydrogen-bond acceptors (Lipinski definition) is 0. The third-order valence-corrected chi connectivity index (χ3v) is 10.2. The Balaban J connectivity index is 1.21. The molecule has 0 aliphatic carbocycles. The van der Waals surface area contributed by atoms with Gasteiger partial charge >= 0.3 is 0 Å². The lowest BCUT2D eigenvalue weighted by molar-refractivity contribution is 1.63. The largest absolute Gasteiger partial charge is 0.0616 e. The molecule has 48 heavy (non-hydrogen) atoms. The van der Waals surface area contributed by atoms with E-state index in [-0.39, 0.29) is 0 Å². The molecule has 0 unspecified atom stereocenters. The molecule has 0 fully saturated rings. The van der Waals surface area contributed by atoms with E-state index in [0.717, 1.165) is 0 Å². The van der Waals surface area contributed by atoms with Crippen LogP contribution in [-0.2, 0) is 0 Å². The van der Waals surface area contributed by atoms with Crippen LogP contribution >= 0.6 is 0 Å². The molecular formula is C48H30. The maximum Gasteiger partial charge on any atom is -0.00261 e. The molecule has 0 nitrogen and oxygen atoms in total. The molecule has 0 atom stereocenters. The summed E-state index contributed by atoms with van der Waals surface area (Å²) < 4.78 is 0. The first-order valence-corrected chi connectivity index (χ1v) is 16.7. The average molecular weight is 607 g/mol. The van der Waals surface area contributed by atoms with Crippen LogP contribution in [-0.4, -0.2) is 0 Å². The van der Waals surface area contributed by atoms with E-state index in [1.807, 2.05) is 0 Å². The first-order chi connectivity index (χ1) is 23.8. The third-order valence-electron chi connectivity index (χ3n) is 10.2. The van der Waals surface area contributed by atoms with E-state index in [9.17, 15) is 0 Å². The lowest BCUT2D eigenvalue weighted by Gasteiger charge is -2.18. The van der Waals surface area contributed by atoms with E-state index in [0.29, 0.717) is 0 Å². The van der Waals surface area contributed by atoms with Crippen molar-refractivity contribution in [3.8, 4) is 33.4 Å². The van der Waals surface area contributed by atoms with Crippen LogP contribution in [0.5, 0.6) is 0 Å². The van der Waals surface area contributed by atoms with Gasteiger partial charge in [-0.2, -0.15) is 0 Å². The fourth-order valence-corrected chi connectivity index (χ4v) is 8.03. The average Bonchev–Trinajstić information content (AvgIpc) is 3.16. The first kappa shape index (κ1) is 26.9. The molecule has 10 aromatic carbocycles. The number of hydrogen-bond donors (Lipinski definition) is 0. The van der Waals surface area contributed by atoms with E-state index < -0.39 is 0 Å². The molecule has 0 aromatic heterocycles. The zero-order valence-electron chi connectivity index (χ0n) is 26.3. The van der Waals surface area contributed by atoms with Crippen molar-refractivity contribution < 1.29 is 0 Å². The maximum atomic E-state index is 2.43. The topological polar surface area (TPSA) is 0 Å². The highest BCUT2D eigenvalue weighted by atomic mass is 14.2. The normalized spacial score (nSPS) is 11.8. The predicted molar refractivity (Wildman–Crippen MR) is 208 cm³/mol. The summed E-state index contributed by atoms with van der Waals surface area (Å²) in [5.74, 6) is 0. The smallest absolute Gasteiger partial charge is 0.00261 e. The fourth-order valence-electron chi connectivity index (χ4n) is 8.03. The van der Waals surface area contributed by atoms with Crippen molar-refractivity contribution in [3.63, 3.8) is 0 Å². The molecule has 222 valence electrons. The van der Waals surface area contributed by atoms with Crippen LogP contribution in [0.4, 0.5) is 0 Å². The number of fused-ring (bicyclic) bond motifs is 8. The molecular weight excluding hydrogens is 577 g/mol. The summed E-state index contributed by atoms with van der Waals surface area (Å²) in [5, 5.41) is 15.4. The molecule has 0 heterocycles.